The monoisotopic (exact) mass is 324 g/mol. The summed E-state index contributed by atoms with van der Waals surface area (Å²) in [6.45, 7) is 4.03. The van der Waals surface area contributed by atoms with Gasteiger partial charge in [-0.25, -0.2) is 8.78 Å². The van der Waals surface area contributed by atoms with Crippen LogP contribution in [-0.4, -0.2) is 0 Å². The quantitative estimate of drug-likeness (QED) is 0.675. The maximum atomic E-state index is 13.6. The molecule has 0 saturated carbocycles. The van der Waals surface area contributed by atoms with Crippen LogP contribution in [0.5, 0.6) is 0 Å². The van der Waals surface area contributed by atoms with Crippen molar-refractivity contribution in [1.29, 1.82) is 0 Å². The van der Waals surface area contributed by atoms with Crippen LogP contribution in [0.25, 0.3) is 0 Å². The Morgan fingerprint density at radius 2 is 1.53 bits per heavy atom. The average molecular weight is 325 g/mol. The van der Waals surface area contributed by atoms with Crippen molar-refractivity contribution in [1.82, 2.24) is 0 Å². The van der Waals surface area contributed by atoms with E-state index in [1.807, 2.05) is 26.0 Å². The summed E-state index contributed by atoms with van der Waals surface area (Å²) >= 11 is 3.53. The largest absolute Gasteiger partial charge is 0.207 e. The van der Waals surface area contributed by atoms with Gasteiger partial charge in [-0.05, 0) is 38.0 Å². The molecule has 0 bridgehead atoms. The van der Waals surface area contributed by atoms with Gasteiger partial charge in [0.2, 0.25) is 0 Å². The van der Waals surface area contributed by atoms with Crippen LogP contribution in [0.2, 0.25) is 0 Å². The number of rotatable bonds is 3. The number of hydrogen-bond acceptors (Lipinski definition) is 0. The molecule has 0 N–H and O–H groups in total. The third-order valence-corrected chi connectivity index (χ3v) is 3.90. The van der Waals surface area contributed by atoms with E-state index < -0.39 is 11.6 Å². The number of halogens is 3. The lowest BCUT2D eigenvalue weighted by atomic mass is 10.00. The Hall–Kier alpha value is -1.22. The normalized spacial score (nSPS) is 12.5. The summed E-state index contributed by atoms with van der Waals surface area (Å²) in [5.41, 5.74) is 3.46. The number of benzene rings is 2. The fourth-order valence-electron chi connectivity index (χ4n) is 2.22. The lowest BCUT2D eigenvalue weighted by Crippen LogP contribution is -2.02. The fraction of sp³-hybridized carbons (Fsp3) is 0.250. The average Bonchev–Trinajstić information content (AvgIpc) is 2.32. The minimum absolute atomic E-state index is 0.0995. The SMILES string of the molecule is Cc1cc(C)cc(C(Br)Cc2c(F)cccc2F)c1. The molecule has 0 amide bonds. The highest BCUT2D eigenvalue weighted by Crippen LogP contribution is 2.30. The zero-order valence-corrected chi connectivity index (χ0v) is 12.5. The van der Waals surface area contributed by atoms with E-state index in [9.17, 15) is 8.78 Å². The van der Waals surface area contributed by atoms with Crippen molar-refractivity contribution in [3.63, 3.8) is 0 Å². The van der Waals surface area contributed by atoms with E-state index in [2.05, 4.69) is 22.0 Å². The molecule has 0 aromatic heterocycles. The molecule has 1 atom stereocenters. The lowest BCUT2D eigenvalue weighted by Gasteiger charge is -2.13. The molecule has 2 aromatic carbocycles. The zero-order chi connectivity index (χ0) is 14.0. The molecule has 0 radical (unpaired) electrons. The van der Waals surface area contributed by atoms with Gasteiger partial charge in [0.05, 0.1) is 0 Å². The third-order valence-electron chi connectivity index (χ3n) is 3.05. The maximum absolute atomic E-state index is 13.6. The minimum Gasteiger partial charge on any atom is -0.207 e. The highest BCUT2D eigenvalue weighted by Gasteiger charge is 2.15. The van der Waals surface area contributed by atoms with Gasteiger partial charge in [-0.15, -0.1) is 0 Å². The first-order chi connectivity index (χ1) is 8.97. The number of aryl methyl sites for hydroxylation is 2. The highest BCUT2D eigenvalue weighted by atomic mass is 79.9. The topological polar surface area (TPSA) is 0 Å². The molecule has 3 heteroatoms. The molecule has 2 aromatic rings. The summed E-state index contributed by atoms with van der Waals surface area (Å²) in [4.78, 5) is -0.0995. The first-order valence-electron chi connectivity index (χ1n) is 6.12. The smallest absolute Gasteiger partial charge is 0.129 e. The molecular weight excluding hydrogens is 310 g/mol. The summed E-state index contributed by atoms with van der Waals surface area (Å²) in [5.74, 6) is -0.984. The molecule has 19 heavy (non-hydrogen) atoms. The predicted octanol–water partition coefficient (Wildman–Crippen LogP) is 5.26. The van der Waals surface area contributed by atoms with Gasteiger partial charge in [0.1, 0.15) is 11.6 Å². The Labute approximate surface area is 120 Å². The summed E-state index contributed by atoms with van der Waals surface area (Å²) in [5, 5.41) is 0. The van der Waals surface area contributed by atoms with E-state index in [4.69, 9.17) is 0 Å². The van der Waals surface area contributed by atoms with Crippen LogP contribution in [-0.2, 0) is 6.42 Å². The van der Waals surface area contributed by atoms with Gasteiger partial charge >= 0.3 is 0 Å². The van der Waals surface area contributed by atoms with Crippen LogP contribution in [0, 0.1) is 25.5 Å². The lowest BCUT2D eigenvalue weighted by molar-refractivity contribution is 0.554. The van der Waals surface area contributed by atoms with Crippen LogP contribution < -0.4 is 0 Å². The standard InChI is InChI=1S/C16H15BrF2/c1-10-6-11(2)8-12(7-10)14(17)9-13-15(18)4-3-5-16(13)19/h3-8,14H,9H2,1-2H3. The second kappa shape index (κ2) is 5.83. The van der Waals surface area contributed by atoms with Crippen molar-refractivity contribution in [2.24, 2.45) is 0 Å². The third kappa shape index (κ3) is 3.41. The van der Waals surface area contributed by atoms with Crippen molar-refractivity contribution in [3.8, 4) is 0 Å². The molecule has 0 saturated heterocycles. The van der Waals surface area contributed by atoms with Gasteiger partial charge in [-0.2, -0.15) is 0 Å². The van der Waals surface area contributed by atoms with Gasteiger partial charge < -0.3 is 0 Å². The molecule has 100 valence electrons. The zero-order valence-electron chi connectivity index (χ0n) is 10.9. The highest BCUT2D eigenvalue weighted by molar-refractivity contribution is 9.09. The molecule has 1 unspecified atom stereocenters. The molecular formula is C16H15BrF2. The first-order valence-corrected chi connectivity index (χ1v) is 7.04. The van der Waals surface area contributed by atoms with E-state index in [0.29, 0.717) is 6.42 Å². The Morgan fingerprint density at radius 1 is 1.00 bits per heavy atom. The molecule has 0 aliphatic carbocycles. The first kappa shape index (κ1) is 14.2. The summed E-state index contributed by atoms with van der Waals surface area (Å²) in [7, 11) is 0. The van der Waals surface area contributed by atoms with Gasteiger partial charge in [-0.3, -0.25) is 0 Å². The van der Waals surface area contributed by atoms with Crippen LogP contribution in [0.1, 0.15) is 27.1 Å². The molecule has 0 fully saturated rings. The Morgan fingerprint density at radius 3 is 2.05 bits per heavy atom. The van der Waals surface area contributed by atoms with E-state index in [1.54, 1.807) is 0 Å². The van der Waals surface area contributed by atoms with Crippen molar-refractivity contribution in [3.05, 3.63) is 70.3 Å². The number of alkyl halides is 1. The van der Waals surface area contributed by atoms with Gasteiger partial charge in [-0.1, -0.05) is 51.3 Å². The summed E-state index contributed by atoms with van der Waals surface area (Å²) in [6.07, 6.45) is 0.293. The number of hydrogen-bond donors (Lipinski definition) is 0. The fourth-order valence-corrected chi connectivity index (χ4v) is 2.80. The maximum Gasteiger partial charge on any atom is 0.129 e. The van der Waals surface area contributed by atoms with Gasteiger partial charge in [0.25, 0.3) is 0 Å². The molecule has 0 spiro atoms. The van der Waals surface area contributed by atoms with E-state index in [1.165, 1.54) is 18.2 Å². The Bertz CT molecular complexity index is 553. The van der Waals surface area contributed by atoms with Crippen LogP contribution in [0.3, 0.4) is 0 Å². The van der Waals surface area contributed by atoms with Gasteiger partial charge in [0.15, 0.2) is 0 Å². The molecule has 0 aliphatic rings. The van der Waals surface area contributed by atoms with Crippen LogP contribution in [0.15, 0.2) is 36.4 Å². The second-order valence-corrected chi connectivity index (χ2v) is 5.90. The van der Waals surface area contributed by atoms with Crippen LogP contribution >= 0.6 is 15.9 Å². The van der Waals surface area contributed by atoms with Crippen molar-refractivity contribution in [2.45, 2.75) is 25.1 Å². The van der Waals surface area contributed by atoms with E-state index in [-0.39, 0.29) is 10.4 Å². The molecule has 0 nitrogen and oxygen atoms in total. The van der Waals surface area contributed by atoms with Crippen molar-refractivity contribution < 1.29 is 8.78 Å². The second-order valence-electron chi connectivity index (χ2n) is 4.79. The Balaban J connectivity index is 2.28. The van der Waals surface area contributed by atoms with E-state index >= 15 is 0 Å². The van der Waals surface area contributed by atoms with Crippen molar-refractivity contribution in [2.75, 3.05) is 0 Å². The van der Waals surface area contributed by atoms with Crippen molar-refractivity contribution >= 4 is 15.9 Å². The van der Waals surface area contributed by atoms with Crippen LogP contribution in [0.4, 0.5) is 8.78 Å². The van der Waals surface area contributed by atoms with Gasteiger partial charge in [0, 0.05) is 10.4 Å². The molecule has 0 heterocycles. The molecule has 2 rings (SSSR count). The van der Waals surface area contributed by atoms with E-state index in [0.717, 1.165) is 16.7 Å². The molecule has 0 aliphatic heterocycles. The summed E-state index contributed by atoms with van der Waals surface area (Å²) < 4.78 is 27.2. The Kier molecular flexibility index (Phi) is 4.35. The predicted molar refractivity (Wildman–Crippen MR) is 77.6 cm³/mol. The summed E-state index contributed by atoms with van der Waals surface area (Å²) in [6, 6.07) is 10.1. The minimum atomic E-state index is -0.492.